The molecule has 2 heterocycles. The molecule has 12 heteroatoms. The van der Waals surface area contributed by atoms with Crippen LogP contribution < -0.4 is 16.0 Å². The third kappa shape index (κ3) is 7.86. The van der Waals surface area contributed by atoms with Crippen molar-refractivity contribution in [2.75, 3.05) is 26.2 Å². The molecule has 0 aromatic heterocycles. The van der Waals surface area contributed by atoms with E-state index in [4.69, 9.17) is 0 Å². The van der Waals surface area contributed by atoms with Crippen LogP contribution >= 0.6 is 0 Å². The van der Waals surface area contributed by atoms with E-state index in [1.165, 1.54) is 4.90 Å². The minimum absolute atomic E-state index is 0.0905. The number of likely N-dealkylation sites (tertiary alicyclic amines) is 2. The summed E-state index contributed by atoms with van der Waals surface area (Å²) < 4.78 is 37.7. The minimum atomic E-state index is -4.30. The summed E-state index contributed by atoms with van der Waals surface area (Å²) in [5.74, 6) is -0.882. The highest BCUT2D eigenvalue weighted by molar-refractivity contribution is 5.93. The number of carbonyl (C=O) groups excluding carboxylic acids is 3. The monoisotopic (exact) mass is 589 g/mol. The van der Waals surface area contributed by atoms with Gasteiger partial charge < -0.3 is 26.0 Å². The molecule has 41 heavy (non-hydrogen) atoms. The Morgan fingerprint density at radius 1 is 0.976 bits per heavy atom. The van der Waals surface area contributed by atoms with Gasteiger partial charge in [-0.3, -0.25) is 14.5 Å². The van der Waals surface area contributed by atoms with Crippen molar-refractivity contribution in [3.63, 3.8) is 0 Å². The number of amides is 4. The Hall–Kier alpha value is -2.08. The molecule has 0 aromatic rings. The number of carbonyl (C=O) groups is 3. The van der Waals surface area contributed by atoms with Crippen molar-refractivity contribution in [1.29, 1.82) is 0 Å². The van der Waals surface area contributed by atoms with Crippen LogP contribution in [0.5, 0.6) is 0 Å². The predicted molar refractivity (Wildman–Crippen MR) is 150 cm³/mol. The second-order valence-corrected chi connectivity index (χ2v) is 14.8. The van der Waals surface area contributed by atoms with Crippen LogP contribution in [0.4, 0.5) is 18.0 Å². The predicted octanol–water partition coefficient (Wildman–Crippen LogP) is 3.47. The maximum Gasteiger partial charge on any atom is 0.389 e. The summed E-state index contributed by atoms with van der Waals surface area (Å²) in [5, 5.41) is 19.4. The maximum atomic E-state index is 14.0. The zero-order valence-corrected chi connectivity index (χ0v) is 25.8. The molecule has 0 spiro atoms. The summed E-state index contributed by atoms with van der Waals surface area (Å²) in [5.41, 5.74) is -1.36. The van der Waals surface area contributed by atoms with Crippen molar-refractivity contribution < 1.29 is 32.7 Å². The molecule has 0 aromatic carbocycles. The lowest BCUT2D eigenvalue weighted by molar-refractivity contribution is -0.144. The van der Waals surface area contributed by atoms with E-state index in [9.17, 15) is 32.7 Å². The smallest absolute Gasteiger partial charge is 0.376 e. The topological polar surface area (TPSA) is 114 Å². The van der Waals surface area contributed by atoms with Crippen molar-refractivity contribution >= 4 is 17.8 Å². The highest BCUT2D eigenvalue weighted by Gasteiger charge is 2.69. The molecule has 4 N–H and O–H groups in total. The summed E-state index contributed by atoms with van der Waals surface area (Å²) in [6.45, 7) is 17.0. The number of piperidine rings is 1. The Labute approximate surface area is 242 Å². The van der Waals surface area contributed by atoms with E-state index in [1.807, 2.05) is 60.3 Å². The fraction of sp³-hybridized carbons (Fsp3) is 0.897. The van der Waals surface area contributed by atoms with Gasteiger partial charge in [0.25, 0.3) is 0 Å². The molecule has 1 aliphatic carbocycles. The first kappa shape index (κ1) is 33.4. The molecule has 0 bridgehead atoms. The van der Waals surface area contributed by atoms with Gasteiger partial charge in [0.05, 0.1) is 6.04 Å². The number of nitrogens with zero attached hydrogens (tertiary/aromatic N) is 2. The molecule has 1 saturated carbocycles. The fourth-order valence-electron chi connectivity index (χ4n) is 6.50. The van der Waals surface area contributed by atoms with Crippen LogP contribution in [0.2, 0.25) is 0 Å². The van der Waals surface area contributed by atoms with Gasteiger partial charge in [0.1, 0.15) is 18.3 Å². The van der Waals surface area contributed by atoms with Gasteiger partial charge in [0.2, 0.25) is 11.8 Å². The number of fused-ring (bicyclic) bond motifs is 1. The zero-order valence-electron chi connectivity index (χ0n) is 25.8. The van der Waals surface area contributed by atoms with E-state index in [2.05, 4.69) is 16.0 Å². The molecular formula is C29H50F3N5O4. The Morgan fingerprint density at radius 2 is 1.56 bits per heavy atom. The Kier molecular flexibility index (Phi) is 9.70. The third-order valence-electron chi connectivity index (χ3n) is 9.12. The standard InChI is InChI=1S/C29H50F3N5O4/c1-26(2,3)20(23(39)36-14-9-10-15-36)34-25(41)35-21(27(4,5)6)24(40)37-16-17-18(28(17,7)8)19(37)22(38)33-13-11-12-29(30,31)32/h17-21,23,39H,9-16H2,1-8H3,(H,33,38)(H2,34,35,41)/t17-,18-,19-,20+,21+,23?/m0/s1. The first-order valence-electron chi connectivity index (χ1n) is 14.8. The molecule has 3 fully saturated rings. The number of aliphatic hydroxyl groups excluding tert-OH is 1. The van der Waals surface area contributed by atoms with E-state index < -0.39 is 65.6 Å². The van der Waals surface area contributed by atoms with Gasteiger partial charge in [-0.05, 0) is 47.3 Å². The van der Waals surface area contributed by atoms with Crippen molar-refractivity contribution in [3.05, 3.63) is 0 Å². The molecule has 6 atom stereocenters. The molecule has 0 radical (unpaired) electrons. The van der Waals surface area contributed by atoms with E-state index in [0.29, 0.717) is 6.54 Å². The summed E-state index contributed by atoms with van der Waals surface area (Å²) in [4.78, 5) is 44.0. The maximum absolute atomic E-state index is 14.0. The first-order valence-corrected chi connectivity index (χ1v) is 14.8. The van der Waals surface area contributed by atoms with Crippen molar-refractivity contribution in [3.8, 4) is 0 Å². The van der Waals surface area contributed by atoms with Crippen LogP contribution in [0.1, 0.15) is 81.1 Å². The summed E-state index contributed by atoms with van der Waals surface area (Å²) in [6, 6.07) is -2.99. The zero-order chi connectivity index (χ0) is 31.1. The third-order valence-corrected chi connectivity index (χ3v) is 9.12. The van der Waals surface area contributed by atoms with Gasteiger partial charge in [0, 0.05) is 32.6 Å². The molecular weight excluding hydrogens is 539 g/mol. The summed E-state index contributed by atoms with van der Waals surface area (Å²) in [7, 11) is 0. The van der Waals surface area contributed by atoms with Gasteiger partial charge in [-0.25, -0.2) is 4.79 Å². The fourth-order valence-corrected chi connectivity index (χ4v) is 6.50. The van der Waals surface area contributed by atoms with Crippen molar-refractivity contribution in [2.45, 2.75) is 112 Å². The number of rotatable bonds is 9. The molecule has 1 unspecified atom stereocenters. The number of hydrogen-bond donors (Lipinski definition) is 4. The molecule has 236 valence electrons. The average Bonchev–Trinajstić information content (AvgIpc) is 3.28. The largest absolute Gasteiger partial charge is 0.389 e. The van der Waals surface area contributed by atoms with Crippen molar-refractivity contribution in [1.82, 2.24) is 25.8 Å². The SMILES string of the molecule is CC(C)(C)[C@H](NC(=O)N[C@H](C(O)N1CCCC1)C(C)(C)C)C(=O)N1C[C@H]2[C@@H]([C@H]1C(=O)NCCCC(F)(F)F)C2(C)C. The first-order chi connectivity index (χ1) is 18.7. The van der Waals surface area contributed by atoms with Crippen LogP contribution in [0.15, 0.2) is 0 Å². The van der Waals surface area contributed by atoms with Crippen LogP contribution in [-0.2, 0) is 9.59 Å². The van der Waals surface area contributed by atoms with Crippen LogP contribution in [0.25, 0.3) is 0 Å². The Balaban J connectivity index is 1.74. The van der Waals surface area contributed by atoms with E-state index in [0.717, 1.165) is 25.9 Å². The van der Waals surface area contributed by atoms with E-state index in [1.54, 1.807) is 0 Å². The van der Waals surface area contributed by atoms with Gasteiger partial charge in [-0.2, -0.15) is 13.2 Å². The van der Waals surface area contributed by atoms with Gasteiger partial charge >= 0.3 is 12.2 Å². The number of halogens is 3. The van der Waals surface area contributed by atoms with E-state index in [-0.39, 0.29) is 30.2 Å². The van der Waals surface area contributed by atoms with Gasteiger partial charge in [0.15, 0.2) is 0 Å². The second kappa shape index (κ2) is 11.9. The quantitative estimate of drug-likeness (QED) is 0.308. The number of aliphatic hydroxyl groups is 1. The normalized spacial score (nSPS) is 26.6. The van der Waals surface area contributed by atoms with Crippen LogP contribution in [0.3, 0.4) is 0 Å². The summed E-state index contributed by atoms with van der Waals surface area (Å²) >= 11 is 0. The minimum Gasteiger partial charge on any atom is -0.376 e. The van der Waals surface area contributed by atoms with Crippen LogP contribution in [0, 0.1) is 28.1 Å². The highest BCUT2D eigenvalue weighted by atomic mass is 19.4. The lowest BCUT2D eigenvalue weighted by Gasteiger charge is -2.40. The highest BCUT2D eigenvalue weighted by Crippen LogP contribution is 2.65. The lowest BCUT2D eigenvalue weighted by Crippen LogP contribution is -2.63. The lowest BCUT2D eigenvalue weighted by atomic mass is 9.84. The summed E-state index contributed by atoms with van der Waals surface area (Å²) in [6.07, 6.45) is -4.46. The molecule has 3 aliphatic rings. The molecule has 2 saturated heterocycles. The second-order valence-electron chi connectivity index (χ2n) is 14.8. The van der Waals surface area contributed by atoms with Gasteiger partial charge in [-0.1, -0.05) is 55.4 Å². The van der Waals surface area contributed by atoms with Crippen molar-refractivity contribution in [2.24, 2.45) is 28.1 Å². The van der Waals surface area contributed by atoms with E-state index >= 15 is 0 Å². The molecule has 3 rings (SSSR count). The Bertz CT molecular complexity index is 969. The number of nitrogens with one attached hydrogen (secondary N) is 3. The Morgan fingerprint density at radius 3 is 2.07 bits per heavy atom. The molecule has 2 aliphatic heterocycles. The molecule has 9 nitrogen and oxygen atoms in total. The van der Waals surface area contributed by atoms with Gasteiger partial charge in [-0.15, -0.1) is 0 Å². The number of hydrogen-bond acceptors (Lipinski definition) is 5. The molecule has 4 amide bonds. The van der Waals surface area contributed by atoms with Crippen LogP contribution in [-0.4, -0.2) is 89.5 Å². The number of alkyl halides is 3. The average molecular weight is 590 g/mol. The number of urea groups is 1.